The van der Waals surface area contributed by atoms with E-state index >= 15 is 0 Å². The van der Waals surface area contributed by atoms with Crippen molar-refractivity contribution in [3.8, 4) is 0 Å². The van der Waals surface area contributed by atoms with E-state index in [4.69, 9.17) is 10.3 Å². The van der Waals surface area contributed by atoms with Gasteiger partial charge in [-0.1, -0.05) is 12.1 Å². The first-order valence-electron chi connectivity index (χ1n) is 7.43. The summed E-state index contributed by atoms with van der Waals surface area (Å²) >= 11 is 0. The molecule has 0 aliphatic carbocycles. The van der Waals surface area contributed by atoms with Crippen LogP contribution in [0.25, 0.3) is 11.1 Å². The molecule has 3 heterocycles. The largest absolute Gasteiger partial charge is 0.336 e. The molecule has 0 saturated carbocycles. The molecular formula is C14H21ClN4O3S. The summed E-state index contributed by atoms with van der Waals surface area (Å²) in [6.45, 7) is 4.81. The summed E-state index contributed by atoms with van der Waals surface area (Å²) in [7, 11) is -3.55. The second-order valence-corrected chi connectivity index (χ2v) is 7.72. The molecule has 1 aliphatic heterocycles. The number of nitrogens with zero attached hydrogens (tertiary/aromatic N) is 3. The molecule has 0 radical (unpaired) electrons. The molecule has 7 nitrogen and oxygen atoms in total. The van der Waals surface area contributed by atoms with Crippen molar-refractivity contribution in [3.63, 3.8) is 0 Å². The van der Waals surface area contributed by atoms with Crippen LogP contribution in [0.3, 0.4) is 0 Å². The maximum atomic E-state index is 12.8. The third kappa shape index (κ3) is 3.21. The number of nitrogens with two attached hydrogens (primary N) is 1. The number of rotatable bonds is 4. The molecule has 0 amide bonds. The molecule has 0 spiro atoms. The van der Waals surface area contributed by atoms with Crippen molar-refractivity contribution in [1.29, 1.82) is 0 Å². The predicted octanol–water partition coefficient (Wildman–Crippen LogP) is 1.56. The first-order valence-corrected chi connectivity index (χ1v) is 8.87. The summed E-state index contributed by atoms with van der Waals surface area (Å²) in [6, 6.07) is 1.59. The summed E-state index contributed by atoms with van der Waals surface area (Å²) in [5.41, 5.74) is 6.97. The van der Waals surface area contributed by atoms with E-state index < -0.39 is 10.0 Å². The SMILES string of the molecule is CCc1noc2ncc(S(=O)(=O)N3CCC(C(C)N)C3)cc12.Cl. The maximum Gasteiger partial charge on any atom is 0.258 e. The minimum Gasteiger partial charge on any atom is -0.336 e. The Morgan fingerprint density at radius 1 is 1.52 bits per heavy atom. The van der Waals surface area contributed by atoms with Crippen LogP contribution in [0.15, 0.2) is 21.7 Å². The van der Waals surface area contributed by atoms with Gasteiger partial charge in [0.05, 0.1) is 17.3 Å². The summed E-state index contributed by atoms with van der Waals surface area (Å²) in [5, 5.41) is 4.57. The number of aryl methyl sites for hydroxylation is 1. The van der Waals surface area contributed by atoms with Gasteiger partial charge < -0.3 is 10.3 Å². The Bertz CT molecular complexity index is 790. The zero-order valence-corrected chi connectivity index (χ0v) is 14.7. The van der Waals surface area contributed by atoms with Crippen molar-refractivity contribution >= 4 is 33.5 Å². The van der Waals surface area contributed by atoms with Gasteiger partial charge in [0.2, 0.25) is 10.0 Å². The van der Waals surface area contributed by atoms with E-state index in [1.807, 2.05) is 13.8 Å². The molecule has 2 aromatic rings. The summed E-state index contributed by atoms with van der Waals surface area (Å²) in [5.74, 6) is 0.202. The van der Waals surface area contributed by atoms with Crippen LogP contribution in [0.5, 0.6) is 0 Å². The molecule has 1 fully saturated rings. The average Bonchev–Trinajstić information content (AvgIpc) is 3.13. The second-order valence-electron chi connectivity index (χ2n) is 5.78. The highest BCUT2D eigenvalue weighted by molar-refractivity contribution is 7.89. The van der Waals surface area contributed by atoms with Crippen molar-refractivity contribution in [2.75, 3.05) is 13.1 Å². The van der Waals surface area contributed by atoms with E-state index in [9.17, 15) is 8.42 Å². The Morgan fingerprint density at radius 2 is 2.26 bits per heavy atom. The lowest BCUT2D eigenvalue weighted by Crippen LogP contribution is -2.33. The van der Waals surface area contributed by atoms with E-state index in [0.29, 0.717) is 30.6 Å². The third-order valence-electron chi connectivity index (χ3n) is 4.28. The summed E-state index contributed by atoms with van der Waals surface area (Å²) in [6.07, 6.45) is 2.79. The van der Waals surface area contributed by atoms with Gasteiger partial charge in [-0.2, -0.15) is 4.31 Å². The van der Waals surface area contributed by atoms with Crippen LogP contribution < -0.4 is 5.73 Å². The smallest absolute Gasteiger partial charge is 0.258 e. The molecule has 0 aromatic carbocycles. The topological polar surface area (TPSA) is 102 Å². The average molecular weight is 361 g/mol. The zero-order chi connectivity index (χ0) is 15.9. The fraction of sp³-hybridized carbons (Fsp3) is 0.571. The number of pyridine rings is 1. The highest BCUT2D eigenvalue weighted by Gasteiger charge is 2.34. The normalized spacial score (nSPS) is 20.6. The molecule has 2 unspecified atom stereocenters. The van der Waals surface area contributed by atoms with Gasteiger partial charge in [-0.15, -0.1) is 12.4 Å². The number of sulfonamides is 1. The first-order chi connectivity index (χ1) is 10.4. The third-order valence-corrected chi connectivity index (χ3v) is 6.11. The van der Waals surface area contributed by atoms with Crippen molar-refractivity contribution in [2.24, 2.45) is 11.7 Å². The highest BCUT2D eigenvalue weighted by Crippen LogP contribution is 2.27. The van der Waals surface area contributed by atoms with Crippen molar-refractivity contribution < 1.29 is 12.9 Å². The van der Waals surface area contributed by atoms with Crippen LogP contribution in [0.2, 0.25) is 0 Å². The van der Waals surface area contributed by atoms with E-state index in [1.54, 1.807) is 6.07 Å². The van der Waals surface area contributed by atoms with Gasteiger partial charge in [0.15, 0.2) is 0 Å². The van der Waals surface area contributed by atoms with Crippen LogP contribution in [0.4, 0.5) is 0 Å². The molecule has 2 N–H and O–H groups in total. The highest BCUT2D eigenvalue weighted by atomic mass is 35.5. The molecule has 1 saturated heterocycles. The Kier molecular flexibility index (Phi) is 5.30. The van der Waals surface area contributed by atoms with E-state index in [0.717, 1.165) is 12.1 Å². The van der Waals surface area contributed by atoms with E-state index in [1.165, 1.54) is 10.5 Å². The quantitative estimate of drug-likeness (QED) is 0.887. The predicted molar refractivity (Wildman–Crippen MR) is 88.9 cm³/mol. The second kappa shape index (κ2) is 6.72. The molecule has 23 heavy (non-hydrogen) atoms. The molecule has 1 aliphatic rings. The monoisotopic (exact) mass is 360 g/mol. The van der Waals surface area contributed by atoms with Crippen LogP contribution in [0.1, 0.15) is 26.0 Å². The molecule has 2 atom stereocenters. The Balaban J connectivity index is 0.00000192. The van der Waals surface area contributed by atoms with Crippen LogP contribution in [-0.2, 0) is 16.4 Å². The fourth-order valence-electron chi connectivity index (χ4n) is 2.81. The molecule has 0 bridgehead atoms. The molecule has 2 aromatic heterocycles. The van der Waals surface area contributed by atoms with E-state index in [2.05, 4.69) is 10.1 Å². The van der Waals surface area contributed by atoms with Gasteiger partial charge in [-0.25, -0.2) is 13.4 Å². The number of hydrogen-bond donors (Lipinski definition) is 1. The van der Waals surface area contributed by atoms with Crippen LogP contribution >= 0.6 is 12.4 Å². The Morgan fingerprint density at radius 3 is 2.87 bits per heavy atom. The molecule has 9 heteroatoms. The number of fused-ring (bicyclic) bond motifs is 1. The minimum atomic E-state index is -3.55. The number of aromatic nitrogens is 2. The summed E-state index contributed by atoms with van der Waals surface area (Å²) < 4.78 is 32.1. The lowest BCUT2D eigenvalue weighted by atomic mass is 10.0. The first kappa shape index (κ1) is 18.1. The van der Waals surface area contributed by atoms with Crippen molar-refractivity contribution in [2.45, 2.75) is 37.6 Å². The lowest BCUT2D eigenvalue weighted by Gasteiger charge is -2.17. The fourth-order valence-corrected chi connectivity index (χ4v) is 4.29. The minimum absolute atomic E-state index is 0. The standard InChI is InChI=1S/C14H20N4O3S.ClH/c1-3-13-12-6-11(7-16-14(12)21-17-13)22(19,20)18-5-4-10(8-18)9(2)15;/h6-7,9-10H,3-5,8,15H2,1-2H3;1H. The van der Waals surface area contributed by atoms with Gasteiger partial charge in [-0.3, -0.25) is 0 Å². The Labute approximate surface area is 141 Å². The summed E-state index contributed by atoms with van der Waals surface area (Å²) in [4.78, 5) is 4.27. The van der Waals surface area contributed by atoms with E-state index in [-0.39, 0.29) is 29.3 Å². The van der Waals surface area contributed by atoms with Gasteiger partial charge >= 0.3 is 0 Å². The lowest BCUT2D eigenvalue weighted by molar-refractivity contribution is 0.428. The van der Waals surface area contributed by atoms with Crippen LogP contribution in [-0.4, -0.2) is 42.0 Å². The molecule has 3 rings (SSSR count). The van der Waals surface area contributed by atoms with Crippen molar-refractivity contribution in [3.05, 3.63) is 18.0 Å². The number of hydrogen-bond acceptors (Lipinski definition) is 6. The zero-order valence-electron chi connectivity index (χ0n) is 13.1. The van der Waals surface area contributed by atoms with Gasteiger partial charge in [0, 0.05) is 19.1 Å². The van der Waals surface area contributed by atoms with Crippen LogP contribution in [0, 0.1) is 5.92 Å². The van der Waals surface area contributed by atoms with Gasteiger partial charge in [0.1, 0.15) is 4.90 Å². The number of halogens is 1. The van der Waals surface area contributed by atoms with Gasteiger partial charge in [0.25, 0.3) is 5.71 Å². The van der Waals surface area contributed by atoms with Crippen molar-refractivity contribution in [1.82, 2.24) is 14.4 Å². The van der Waals surface area contributed by atoms with Gasteiger partial charge in [-0.05, 0) is 31.7 Å². The Hall–Kier alpha value is -1.22. The molecule has 128 valence electrons. The maximum absolute atomic E-state index is 12.8. The molecular weight excluding hydrogens is 340 g/mol.